The molecule has 140 valence electrons. The first kappa shape index (κ1) is 20.1. The van der Waals surface area contributed by atoms with Gasteiger partial charge in [-0.15, -0.1) is 22.7 Å². The third-order valence-electron chi connectivity index (χ3n) is 3.98. The number of carbonyl (C=O) groups is 3. The smallest absolute Gasteiger partial charge is 0.341 e. The Bertz CT molecular complexity index is 865. The van der Waals surface area contributed by atoms with Gasteiger partial charge in [-0.3, -0.25) is 9.59 Å². The number of rotatable bonds is 5. The van der Waals surface area contributed by atoms with Crippen LogP contribution in [0.1, 0.15) is 53.3 Å². The van der Waals surface area contributed by atoms with E-state index in [-0.39, 0.29) is 24.0 Å². The molecule has 0 aliphatic rings. The topological polar surface area (TPSA) is 75.7 Å². The molecule has 8 heteroatoms. The van der Waals surface area contributed by atoms with E-state index in [0.717, 1.165) is 21.8 Å². The molecule has 0 saturated heterocycles. The van der Waals surface area contributed by atoms with Gasteiger partial charge >= 0.3 is 5.97 Å². The molecule has 2 rings (SSSR count). The first-order valence-electron chi connectivity index (χ1n) is 8.07. The summed E-state index contributed by atoms with van der Waals surface area (Å²) in [6, 6.07) is 0. The lowest BCUT2D eigenvalue weighted by Crippen LogP contribution is -2.21. The van der Waals surface area contributed by atoms with Crippen molar-refractivity contribution in [2.75, 3.05) is 26.0 Å². The van der Waals surface area contributed by atoms with Gasteiger partial charge in [0.25, 0.3) is 11.8 Å². The van der Waals surface area contributed by atoms with Crippen molar-refractivity contribution in [2.24, 2.45) is 0 Å². The van der Waals surface area contributed by atoms with Gasteiger partial charge in [0.2, 0.25) is 0 Å². The van der Waals surface area contributed by atoms with E-state index in [0.29, 0.717) is 21.0 Å². The first-order chi connectivity index (χ1) is 12.2. The first-order valence-corrected chi connectivity index (χ1v) is 9.76. The molecule has 2 amide bonds. The number of hydrogen-bond donors (Lipinski definition) is 1. The molecule has 0 aliphatic heterocycles. The zero-order valence-corrected chi connectivity index (χ0v) is 17.3. The molecule has 0 saturated carbocycles. The van der Waals surface area contributed by atoms with Crippen LogP contribution in [0.5, 0.6) is 0 Å². The minimum Gasteiger partial charge on any atom is -0.462 e. The lowest BCUT2D eigenvalue weighted by atomic mass is 10.1. The van der Waals surface area contributed by atoms with Crippen molar-refractivity contribution < 1.29 is 19.1 Å². The van der Waals surface area contributed by atoms with Gasteiger partial charge in [-0.1, -0.05) is 0 Å². The maximum Gasteiger partial charge on any atom is 0.341 e. The summed E-state index contributed by atoms with van der Waals surface area (Å²) < 4.78 is 5.11. The second-order valence-electron chi connectivity index (χ2n) is 5.97. The van der Waals surface area contributed by atoms with Crippen molar-refractivity contribution in [3.8, 4) is 0 Å². The Morgan fingerprint density at radius 3 is 2.31 bits per heavy atom. The maximum absolute atomic E-state index is 12.7. The molecule has 2 aromatic heterocycles. The van der Waals surface area contributed by atoms with Gasteiger partial charge in [-0.25, -0.2) is 4.79 Å². The maximum atomic E-state index is 12.7. The van der Waals surface area contributed by atoms with Crippen LogP contribution < -0.4 is 5.32 Å². The van der Waals surface area contributed by atoms with E-state index >= 15 is 0 Å². The Balaban J connectivity index is 2.47. The van der Waals surface area contributed by atoms with Crippen LogP contribution in [0.4, 0.5) is 5.00 Å². The molecule has 26 heavy (non-hydrogen) atoms. The van der Waals surface area contributed by atoms with Crippen LogP contribution in [0.15, 0.2) is 5.38 Å². The number of thiophene rings is 2. The van der Waals surface area contributed by atoms with Crippen LogP contribution >= 0.6 is 22.7 Å². The number of anilines is 1. The second-order valence-corrected chi connectivity index (χ2v) is 8.07. The molecule has 2 heterocycles. The van der Waals surface area contributed by atoms with Crippen LogP contribution in [0.3, 0.4) is 0 Å². The molecule has 1 N–H and O–H groups in total. The highest BCUT2D eigenvalue weighted by Gasteiger charge is 2.28. The van der Waals surface area contributed by atoms with E-state index < -0.39 is 5.97 Å². The second kappa shape index (κ2) is 8.01. The van der Waals surface area contributed by atoms with Crippen molar-refractivity contribution in [3.63, 3.8) is 0 Å². The van der Waals surface area contributed by atoms with Gasteiger partial charge in [-0.05, 0) is 38.8 Å². The predicted molar refractivity (Wildman–Crippen MR) is 105 cm³/mol. The average molecular weight is 395 g/mol. The molecule has 0 aliphatic carbocycles. The van der Waals surface area contributed by atoms with Gasteiger partial charge in [-0.2, -0.15) is 0 Å². The lowest BCUT2D eigenvalue weighted by Gasteiger charge is -2.09. The third-order valence-corrected chi connectivity index (χ3v) is 6.19. The van der Waals surface area contributed by atoms with Crippen LogP contribution in [0, 0.1) is 20.8 Å². The summed E-state index contributed by atoms with van der Waals surface area (Å²) in [5.74, 6) is -1.07. The van der Waals surface area contributed by atoms with Crippen molar-refractivity contribution in [1.82, 2.24) is 4.90 Å². The summed E-state index contributed by atoms with van der Waals surface area (Å²) >= 11 is 2.59. The zero-order chi connectivity index (χ0) is 19.6. The minimum absolute atomic E-state index is 0.210. The van der Waals surface area contributed by atoms with E-state index in [1.807, 2.05) is 13.8 Å². The van der Waals surface area contributed by atoms with E-state index in [2.05, 4.69) is 5.32 Å². The summed E-state index contributed by atoms with van der Waals surface area (Å²) in [6.45, 7) is 7.44. The molecule has 0 fully saturated rings. The van der Waals surface area contributed by atoms with Gasteiger partial charge in [0.1, 0.15) is 5.00 Å². The monoisotopic (exact) mass is 394 g/mol. The Kier molecular flexibility index (Phi) is 6.20. The number of esters is 1. The molecular formula is C18H22N2O4S2. The number of amides is 2. The molecule has 2 aromatic rings. The van der Waals surface area contributed by atoms with Gasteiger partial charge in [0.05, 0.1) is 22.6 Å². The quantitative estimate of drug-likeness (QED) is 0.781. The number of hydrogen-bond acceptors (Lipinski definition) is 6. The SMILES string of the molecule is CCOC(=O)c1c(NC(=O)c2csc(C)c2C)sc(C(=O)N(C)C)c1C. The third kappa shape index (κ3) is 3.81. The number of nitrogens with one attached hydrogen (secondary N) is 1. The van der Waals surface area contributed by atoms with Crippen molar-refractivity contribution in [2.45, 2.75) is 27.7 Å². The summed E-state index contributed by atoms with van der Waals surface area (Å²) in [5.41, 5.74) is 2.22. The van der Waals surface area contributed by atoms with E-state index in [1.54, 1.807) is 33.3 Å². The summed E-state index contributed by atoms with van der Waals surface area (Å²) in [5, 5.41) is 4.91. The lowest BCUT2D eigenvalue weighted by molar-refractivity contribution is 0.0527. The van der Waals surface area contributed by atoms with Crippen molar-refractivity contribution in [3.05, 3.63) is 37.4 Å². The fourth-order valence-corrected chi connectivity index (χ4v) is 4.44. The molecule has 0 unspecified atom stereocenters. The highest BCUT2D eigenvalue weighted by Crippen LogP contribution is 2.35. The van der Waals surface area contributed by atoms with Gasteiger partial charge in [0.15, 0.2) is 0 Å². The Hall–Kier alpha value is -2.19. The molecule has 0 spiro atoms. The summed E-state index contributed by atoms with van der Waals surface area (Å²) in [7, 11) is 3.28. The standard InChI is InChI=1S/C18H22N2O4S2/c1-7-24-18(23)13-10(3)14(17(22)20(5)6)26-16(13)19-15(21)12-8-25-11(4)9(12)2/h8H,7H2,1-6H3,(H,19,21). The Morgan fingerprint density at radius 2 is 1.81 bits per heavy atom. The normalized spacial score (nSPS) is 10.5. The average Bonchev–Trinajstić information content (AvgIpc) is 3.07. The predicted octanol–water partition coefficient (Wildman–Crippen LogP) is 3.87. The number of aryl methyl sites for hydroxylation is 1. The largest absolute Gasteiger partial charge is 0.462 e. The molecule has 0 bridgehead atoms. The summed E-state index contributed by atoms with van der Waals surface area (Å²) in [4.78, 5) is 40.4. The number of ether oxygens (including phenoxy) is 1. The number of nitrogens with zero attached hydrogens (tertiary/aromatic N) is 1. The Morgan fingerprint density at radius 1 is 1.15 bits per heavy atom. The van der Waals surface area contributed by atoms with Gasteiger partial charge < -0.3 is 15.0 Å². The zero-order valence-electron chi connectivity index (χ0n) is 15.7. The van der Waals surface area contributed by atoms with Crippen LogP contribution in [-0.2, 0) is 4.74 Å². The van der Waals surface area contributed by atoms with Crippen LogP contribution in [-0.4, -0.2) is 43.4 Å². The van der Waals surface area contributed by atoms with Crippen molar-refractivity contribution in [1.29, 1.82) is 0 Å². The molecular weight excluding hydrogens is 372 g/mol. The minimum atomic E-state index is -0.549. The number of carbonyl (C=O) groups excluding carboxylic acids is 3. The fourth-order valence-electron chi connectivity index (χ4n) is 2.37. The van der Waals surface area contributed by atoms with Crippen LogP contribution in [0.25, 0.3) is 0 Å². The molecule has 0 atom stereocenters. The highest BCUT2D eigenvalue weighted by molar-refractivity contribution is 7.18. The van der Waals surface area contributed by atoms with E-state index in [9.17, 15) is 14.4 Å². The fraction of sp³-hybridized carbons (Fsp3) is 0.389. The molecule has 0 radical (unpaired) electrons. The molecule has 0 aromatic carbocycles. The summed E-state index contributed by atoms with van der Waals surface area (Å²) in [6.07, 6.45) is 0. The van der Waals surface area contributed by atoms with Crippen LogP contribution in [0.2, 0.25) is 0 Å². The van der Waals surface area contributed by atoms with E-state index in [4.69, 9.17) is 4.74 Å². The molecule has 6 nitrogen and oxygen atoms in total. The van der Waals surface area contributed by atoms with E-state index in [1.165, 1.54) is 16.2 Å². The Labute approximate surface area is 160 Å². The highest BCUT2D eigenvalue weighted by atomic mass is 32.1. The van der Waals surface area contributed by atoms with Gasteiger partial charge in [0, 0.05) is 24.4 Å². The van der Waals surface area contributed by atoms with Crippen molar-refractivity contribution >= 4 is 45.5 Å².